The predicted octanol–water partition coefficient (Wildman–Crippen LogP) is 0.840. The highest BCUT2D eigenvalue weighted by Gasteiger charge is 2.25. The van der Waals surface area contributed by atoms with E-state index in [2.05, 4.69) is 5.32 Å². The molecule has 0 aromatic rings. The van der Waals surface area contributed by atoms with E-state index in [1.807, 2.05) is 13.8 Å². The Hall–Kier alpha value is -0.680. The standard InChI is InChI=1S/C11H20N2O2S/c1-7(2)9(10(12)16)13-11(14)8-3-5-15-6-4-8/h7-9H,3-6H2,1-2H3,(H2,12,16)(H,13,14). The fourth-order valence-electron chi connectivity index (χ4n) is 1.80. The van der Waals surface area contributed by atoms with Gasteiger partial charge in [0.1, 0.15) is 0 Å². The van der Waals surface area contributed by atoms with E-state index in [9.17, 15) is 4.79 Å². The molecule has 3 N–H and O–H groups in total. The molecule has 4 nitrogen and oxygen atoms in total. The van der Waals surface area contributed by atoms with Crippen LogP contribution in [0.4, 0.5) is 0 Å². The summed E-state index contributed by atoms with van der Waals surface area (Å²) in [6.45, 7) is 5.32. The van der Waals surface area contributed by atoms with Crippen molar-refractivity contribution in [1.29, 1.82) is 0 Å². The predicted molar refractivity (Wildman–Crippen MR) is 67.1 cm³/mol. The maximum Gasteiger partial charge on any atom is 0.223 e. The van der Waals surface area contributed by atoms with Crippen molar-refractivity contribution < 1.29 is 9.53 Å². The highest BCUT2D eigenvalue weighted by Crippen LogP contribution is 2.15. The molecule has 1 amide bonds. The van der Waals surface area contributed by atoms with Gasteiger partial charge in [-0.3, -0.25) is 4.79 Å². The van der Waals surface area contributed by atoms with E-state index in [4.69, 9.17) is 22.7 Å². The summed E-state index contributed by atoms with van der Waals surface area (Å²) in [6, 6.07) is -0.203. The zero-order valence-electron chi connectivity index (χ0n) is 9.86. The molecule has 0 aromatic carbocycles. The Labute approximate surface area is 102 Å². The molecule has 0 bridgehead atoms. The third-order valence-corrected chi connectivity index (χ3v) is 3.12. The Balaban J connectivity index is 2.50. The van der Waals surface area contributed by atoms with Crippen LogP contribution in [0.3, 0.4) is 0 Å². The van der Waals surface area contributed by atoms with Gasteiger partial charge in [0.2, 0.25) is 5.91 Å². The molecule has 1 atom stereocenters. The molecule has 1 aliphatic rings. The second-order valence-electron chi connectivity index (χ2n) is 4.52. The summed E-state index contributed by atoms with van der Waals surface area (Å²) in [5, 5.41) is 2.92. The quantitative estimate of drug-likeness (QED) is 0.719. The molecule has 1 heterocycles. The zero-order chi connectivity index (χ0) is 12.1. The van der Waals surface area contributed by atoms with Crippen molar-refractivity contribution >= 4 is 23.1 Å². The van der Waals surface area contributed by atoms with Gasteiger partial charge < -0.3 is 15.8 Å². The molecular weight excluding hydrogens is 224 g/mol. The van der Waals surface area contributed by atoms with Crippen molar-refractivity contribution in [3.63, 3.8) is 0 Å². The Morgan fingerprint density at radius 1 is 1.44 bits per heavy atom. The lowest BCUT2D eigenvalue weighted by Crippen LogP contribution is -2.49. The number of nitrogens with one attached hydrogen (secondary N) is 1. The number of nitrogens with two attached hydrogens (primary N) is 1. The number of ether oxygens (including phenoxy) is 1. The van der Waals surface area contributed by atoms with Crippen LogP contribution in [-0.4, -0.2) is 30.2 Å². The van der Waals surface area contributed by atoms with Crippen molar-refractivity contribution in [2.45, 2.75) is 32.7 Å². The van der Waals surface area contributed by atoms with E-state index in [1.165, 1.54) is 0 Å². The summed E-state index contributed by atoms with van der Waals surface area (Å²) in [5.41, 5.74) is 5.61. The number of hydrogen-bond donors (Lipinski definition) is 2. The van der Waals surface area contributed by atoms with Crippen LogP contribution in [0.2, 0.25) is 0 Å². The lowest BCUT2D eigenvalue weighted by atomic mass is 9.97. The first-order valence-electron chi connectivity index (χ1n) is 5.69. The Morgan fingerprint density at radius 2 is 2.00 bits per heavy atom. The first kappa shape index (κ1) is 13.4. The van der Waals surface area contributed by atoms with E-state index < -0.39 is 0 Å². The summed E-state index contributed by atoms with van der Waals surface area (Å²) in [7, 11) is 0. The minimum Gasteiger partial charge on any atom is -0.392 e. The average molecular weight is 244 g/mol. The molecule has 1 rings (SSSR count). The van der Waals surface area contributed by atoms with E-state index in [1.54, 1.807) is 0 Å². The minimum absolute atomic E-state index is 0.0457. The molecule has 92 valence electrons. The SMILES string of the molecule is CC(C)C(NC(=O)C1CCOCC1)C(N)=S. The van der Waals surface area contributed by atoms with Crippen LogP contribution in [0.25, 0.3) is 0 Å². The third-order valence-electron chi connectivity index (χ3n) is 2.86. The van der Waals surface area contributed by atoms with Crippen LogP contribution < -0.4 is 11.1 Å². The summed E-state index contributed by atoms with van der Waals surface area (Å²) in [6.07, 6.45) is 1.57. The molecule has 5 heteroatoms. The Bertz CT molecular complexity index is 263. The summed E-state index contributed by atoms with van der Waals surface area (Å²) in [4.78, 5) is 12.3. The van der Waals surface area contributed by atoms with E-state index in [-0.39, 0.29) is 23.8 Å². The van der Waals surface area contributed by atoms with E-state index >= 15 is 0 Å². The highest BCUT2D eigenvalue weighted by atomic mass is 32.1. The van der Waals surface area contributed by atoms with Gasteiger partial charge in [0.15, 0.2) is 0 Å². The smallest absolute Gasteiger partial charge is 0.223 e. The topological polar surface area (TPSA) is 64.3 Å². The van der Waals surface area contributed by atoms with Crippen molar-refractivity contribution in [1.82, 2.24) is 5.32 Å². The number of carbonyl (C=O) groups is 1. The summed E-state index contributed by atoms with van der Waals surface area (Å²) >= 11 is 4.95. The average Bonchev–Trinajstić information content (AvgIpc) is 2.25. The Morgan fingerprint density at radius 3 is 2.44 bits per heavy atom. The molecular formula is C11H20N2O2S. The molecule has 0 aromatic heterocycles. The number of rotatable bonds is 4. The number of carbonyl (C=O) groups excluding carboxylic acids is 1. The lowest BCUT2D eigenvalue weighted by Gasteiger charge is -2.26. The largest absolute Gasteiger partial charge is 0.392 e. The van der Waals surface area contributed by atoms with E-state index in [0.29, 0.717) is 18.2 Å². The Kier molecular flexibility index (Phi) is 5.15. The van der Waals surface area contributed by atoms with Crippen LogP contribution in [0.15, 0.2) is 0 Å². The van der Waals surface area contributed by atoms with Gasteiger partial charge in [-0.05, 0) is 18.8 Å². The molecule has 1 saturated heterocycles. The maximum atomic E-state index is 11.9. The fourth-order valence-corrected chi connectivity index (χ4v) is 2.13. The van der Waals surface area contributed by atoms with Gasteiger partial charge in [-0.2, -0.15) is 0 Å². The minimum atomic E-state index is -0.203. The summed E-state index contributed by atoms with van der Waals surface area (Å²) in [5.74, 6) is 0.320. The van der Waals surface area contributed by atoms with Crippen molar-refractivity contribution in [3.05, 3.63) is 0 Å². The summed E-state index contributed by atoms with van der Waals surface area (Å²) < 4.78 is 5.22. The van der Waals surface area contributed by atoms with E-state index in [0.717, 1.165) is 12.8 Å². The van der Waals surface area contributed by atoms with Crippen LogP contribution in [0.5, 0.6) is 0 Å². The number of hydrogen-bond acceptors (Lipinski definition) is 3. The molecule has 1 fully saturated rings. The molecule has 0 saturated carbocycles. The van der Waals surface area contributed by atoms with Crippen LogP contribution in [-0.2, 0) is 9.53 Å². The third kappa shape index (κ3) is 3.72. The molecule has 1 aliphatic heterocycles. The lowest BCUT2D eigenvalue weighted by molar-refractivity contribution is -0.128. The van der Waals surface area contributed by atoms with Crippen LogP contribution in [0.1, 0.15) is 26.7 Å². The van der Waals surface area contributed by atoms with Crippen molar-refractivity contribution in [2.75, 3.05) is 13.2 Å². The number of thiocarbonyl (C=S) groups is 1. The van der Waals surface area contributed by atoms with Gasteiger partial charge in [0.25, 0.3) is 0 Å². The van der Waals surface area contributed by atoms with Gasteiger partial charge in [-0.1, -0.05) is 26.1 Å². The van der Waals surface area contributed by atoms with Crippen molar-refractivity contribution in [3.8, 4) is 0 Å². The molecule has 0 radical (unpaired) electrons. The van der Waals surface area contributed by atoms with Gasteiger partial charge >= 0.3 is 0 Å². The second kappa shape index (κ2) is 6.15. The van der Waals surface area contributed by atoms with Crippen LogP contribution in [0, 0.1) is 11.8 Å². The maximum absolute atomic E-state index is 11.9. The number of amides is 1. The van der Waals surface area contributed by atoms with Gasteiger partial charge in [0.05, 0.1) is 11.0 Å². The van der Waals surface area contributed by atoms with Crippen molar-refractivity contribution in [2.24, 2.45) is 17.6 Å². The van der Waals surface area contributed by atoms with Crippen LogP contribution >= 0.6 is 12.2 Å². The fraction of sp³-hybridized carbons (Fsp3) is 0.818. The molecule has 0 spiro atoms. The first-order chi connectivity index (χ1) is 7.52. The molecule has 1 unspecified atom stereocenters. The molecule has 16 heavy (non-hydrogen) atoms. The van der Waals surface area contributed by atoms with Gasteiger partial charge in [-0.25, -0.2) is 0 Å². The van der Waals surface area contributed by atoms with Gasteiger partial charge in [0, 0.05) is 19.1 Å². The molecule has 0 aliphatic carbocycles. The monoisotopic (exact) mass is 244 g/mol. The second-order valence-corrected chi connectivity index (χ2v) is 4.99. The zero-order valence-corrected chi connectivity index (χ0v) is 10.7. The first-order valence-corrected chi connectivity index (χ1v) is 6.10. The highest BCUT2D eigenvalue weighted by molar-refractivity contribution is 7.80. The normalized spacial score (nSPS) is 19.4. The van der Waals surface area contributed by atoms with Gasteiger partial charge in [-0.15, -0.1) is 0 Å².